The van der Waals surface area contributed by atoms with Gasteiger partial charge in [0.15, 0.2) is 18.2 Å². The van der Waals surface area contributed by atoms with E-state index in [0.29, 0.717) is 4.47 Å². The van der Waals surface area contributed by atoms with Gasteiger partial charge < -0.3 is 9.26 Å². The molecule has 7 heteroatoms. The number of hydrogen-bond donors (Lipinski definition) is 1. The molecule has 118 valence electrons. The van der Waals surface area contributed by atoms with Gasteiger partial charge in [0.05, 0.1) is 5.69 Å². The molecule has 2 aromatic rings. The second kappa shape index (κ2) is 6.48. The van der Waals surface area contributed by atoms with Gasteiger partial charge in [0.25, 0.3) is 5.91 Å². The Morgan fingerprint density at radius 1 is 1.41 bits per heavy atom. The van der Waals surface area contributed by atoms with Crippen LogP contribution in [0.15, 0.2) is 33.3 Å². The smallest absolute Gasteiger partial charge is 0.264 e. The Morgan fingerprint density at radius 3 is 2.73 bits per heavy atom. The summed E-state index contributed by atoms with van der Waals surface area (Å²) in [5, 5.41) is 6.40. The van der Waals surface area contributed by atoms with E-state index in [2.05, 4.69) is 26.4 Å². The van der Waals surface area contributed by atoms with Crippen molar-refractivity contribution in [2.45, 2.75) is 26.2 Å². The van der Waals surface area contributed by atoms with Gasteiger partial charge in [-0.25, -0.2) is 4.39 Å². The number of ether oxygens (including phenoxy) is 1. The van der Waals surface area contributed by atoms with Crippen LogP contribution in [0.1, 0.15) is 26.5 Å². The van der Waals surface area contributed by atoms with Gasteiger partial charge in [0, 0.05) is 16.0 Å². The first-order valence-electron chi connectivity index (χ1n) is 6.60. The Hall–Kier alpha value is -1.89. The fourth-order valence-electron chi connectivity index (χ4n) is 1.60. The predicted molar refractivity (Wildman–Crippen MR) is 83.4 cm³/mol. The van der Waals surface area contributed by atoms with E-state index in [-0.39, 0.29) is 23.7 Å². The molecular formula is C15H16BrFN2O3. The molecule has 1 amide bonds. The summed E-state index contributed by atoms with van der Waals surface area (Å²) in [6.45, 7) is 5.62. The van der Waals surface area contributed by atoms with Crippen molar-refractivity contribution in [1.82, 2.24) is 5.16 Å². The van der Waals surface area contributed by atoms with Crippen molar-refractivity contribution in [3.8, 4) is 5.75 Å². The molecule has 0 aliphatic heterocycles. The van der Waals surface area contributed by atoms with Crippen LogP contribution >= 0.6 is 15.9 Å². The average Bonchev–Trinajstić information content (AvgIpc) is 2.86. The molecule has 2 rings (SSSR count). The normalized spacial score (nSPS) is 11.3. The van der Waals surface area contributed by atoms with Crippen LogP contribution in [0.25, 0.3) is 0 Å². The van der Waals surface area contributed by atoms with E-state index in [0.717, 1.165) is 5.69 Å². The molecule has 0 radical (unpaired) electrons. The summed E-state index contributed by atoms with van der Waals surface area (Å²) in [6, 6.07) is 5.98. The summed E-state index contributed by atoms with van der Waals surface area (Å²) in [5.74, 6) is -0.767. The average molecular weight is 371 g/mol. The largest absolute Gasteiger partial charge is 0.481 e. The van der Waals surface area contributed by atoms with Crippen molar-refractivity contribution in [2.24, 2.45) is 0 Å². The lowest BCUT2D eigenvalue weighted by Gasteiger charge is -2.12. The number of benzene rings is 1. The molecule has 0 saturated heterocycles. The number of nitrogens with one attached hydrogen (secondary N) is 1. The number of rotatable bonds is 4. The number of amides is 1. The maximum atomic E-state index is 13.5. The fourth-order valence-corrected chi connectivity index (χ4v) is 1.93. The van der Waals surface area contributed by atoms with Gasteiger partial charge in [-0.1, -0.05) is 41.9 Å². The van der Waals surface area contributed by atoms with Crippen LogP contribution in [0.2, 0.25) is 0 Å². The topological polar surface area (TPSA) is 64.4 Å². The molecule has 22 heavy (non-hydrogen) atoms. The van der Waals surface area contributed by atoms with Crippen LogP contribution in [0.3, 0.4) is 0 Å². The monoisotopic (exact) mass is 370 g/mol. The molecule has 0 spiro atoms. The zero-order chi connectivity index (χ0) is 16.3. The summed E-state index contributed by atoms with van der Waals surface area (Å²) in [5.41, 5.74) is 0.548. The van der Waals surface area contributed by atoms with Crippen LogP contribution in [-0.4, -0.2) is 17.7 Å². The van der Waals surface area contributed by atoms with E-state index < -0.39 is 11.7 Å². The predicted octanol–water partition coefficient (Wildman–Crippen LogP) is 3.89. The SMILES string of the molecule is CC(C)(C)c1cc(NC(=O)COc2ccc(Br)cc2F)on1. The quantitative estimate of drug-likeness (QED) is 0.886. The zero-order valence-corrected chi connectivity index (χ0v) is 14.0. The highest BCUT2D eigenvalue weighted by Crippen LogP contribution is 2.24. The zero-order valence-electron chi connectivity index (χ0n) is 12.4. The summed E-state index contributed by atoms with van der Waals surface area (Å²) in [6.07, 6.45) is 0. The van der Waals surface area contributed by atoms with Gasteiger partial charge in [-0.3, -0.25) is 10.1 Å². The molecule has 0 bridgehead atoms. The highest BCUT2D eigenvalue weighted by atomic mass is 79.9. The highest BCUT2D eigenvalue weighted by Gasteiger charge is 2.19. The van der Waals surface area contributed by atoms with Gasteiger partial charge in [0.2, 0.25) is 5.88 Å². The number of carbonyl (C=O) groups is 1. The van der Waals surface area contributed by atoms with Gasteiger partial charge >= 0.3 is 0 Å². The lowest BCUT2D eigenvalue weighted by molar-refractivity contribution is -0.118. The molecule has 0 aliphatic carbocycles. The first-order valence-corrected chi connectivity index (χ1v) is 7.40. The van der Waals surface area contributed by atoms with E-state index in [9.17, 15) is 9.18 Å². The van der Waals surface area contributed by atoms with Crippen LogP contribution in [0, 0.1) is 5.82 Å². The maximum absolute atomic E-state index is 13.5. The molecule has 0 fully saturated rings. The Kier molecular flexibility index (Phi) is 4.85. The summed E-state index contributed by atoms with van der Waals surface area (Å²) < 4.78 is 24.3. The first kappa shape index (κ1) is 16.5. The number of aromatic nitrogens is 1. The number of nitrogens with zero attached hydrogens (tertiary/aromatic N) is 1. The Bertz CT molecular complexity index is 680. The molecule has 1 aromatic heterocycles. The molecular weight excluding hydrogens is 355 g/mol. The molecule has 1 heterocycles. The summed E-state index contributed by atoms with van der Waals surface area (Å²) in [4.78, 5) is 11.8. The Balaban J connectivity index is 1.92. The van der Waals surface area contributed by atoms with Crippen molar-refractivity contribution in [3.63, 3.8) is 0 Å². The highest BCUT2D eigenvalue weighted by molar-refractivity contribution is 9.10. The lowest BCUT2D eigenvalue weighted by Crippen LogP contribution is -2.20. The van der Waals surface area contributed by atoms with Gasteiger partial charge in [-0.2, -0.15) is 0 Å². The number of hydrogen-bond acceptors (Lipinski definition) is 4. The van der Waals surface area contributed by atoms with Crippen molar-refractivity contribution in [2.75, 3.05) is 11.9 Å². The van der Waals surface area contributed by atoms with Crippen molar-refractivity contribution in [3.05, 3.63) is 40.2 Å². The van der Waals surface area contributed by atoms with Gasteiger partial charge in [-0.05, 0) is 18.2 Å². The molecule has 5 nitrogen and oxygen atoms in total. The Morgan fingerprint density at radius 2 is 2.14 bits per heavy atom. The fraction of sp³-hybridized carbons (Fsp3) is 0.333. The maximum Gasteiger partial charge on any atom is 0.264 e. The third-order valence-electron chi connectivity index (χ3n) is 2.79. The van der Waals surface area contributed by atoms with Crippen molar-refractivity contribution < 1.29 is 18.4 Å². The van der Waals surface area contributed by atoms with E-state index in [1.165, 1.54) is 12.1 Å². The summed E-state index contributed by atoms with van der Waals surface area (Å²) in [7, 11) is 0. The minimum absolute atomic E-state index is 0.00583. The second-order valence-corrected chi connectivity index (χ2v) is 6.65. The minimum atomic E-state index is -0.545. The molecule has 1 N–H and O–H groups in total. The number of anilines is 1. The lowest BCUT2D eigenvalue weighted by atomic mass is 9.92. The number of carbonyl (C=O) groups excluding carboxylic acids is 1. The first-order chi connectivity index (χ1) is 10.3. The van der Waals surface area contributed by atoms with E-state index in [4.69, 9.17) is 9.26 Å². The van der Waals surface area contributed by atoms with E-state index in [1.54, 1.807) is 12.1 Å². The van der Waals surface area contributed by atoms with Crippen molar-refractivity contribution in [1.29, 1.82) is 0 Å². The Labute approximate surface area is 136 Å². The summed E-state index contributed by atoms with van der Waals surface area (Å²) >= 11 is 3.14. The molecule has 0 aliphatic rings. The molecule has 1 aromatic carbocycles. The van der Waals surface area contributed by atoms with Crippen LogP contribution in [0.5, 0.6) is 5.75 Å². The van der Waals surface area contributed by atoms with E-state index >= 15 is 0 Å². The number of halogens is 2. The van der Waals surface area contributed by atoms with Crippen molar-refractivity contribution >= 4 is 27.7 Å². The van der Waals surface area contributed by atoms with Crippen LogP contribution < -0.4 is 10.1 Å². The third-order valence-corrected chi connectivity index (χ3v) is 3.29. The molecule has 0 atom stereocenters. The molecule has 0 unspecified atom stereocenters. The standard InChI is InChI=1S/C15H16BrFN2O3/c1-15(2,3)12-7-14(22-19-12)18-13(20)8-21-11-5-4-9(16)6-10(11)17/h4-7H,8H2,1-3H3,(H,18,20). The van der Waals surface area contributed by atoms with Crippen LogP contribution in [0.4, 0.5) is 10.3 Å². The van der Waals surface area contributed by atoms with Gasteiger partial charge in [0.1, 0.15) is 0 Å². The second-order valence-electron chi connectivity index (χ2n) is 5.74. The molecule has 0 saturated carbocycles. The minimum Gasteiger partial charge on any atom is -0.481 e. The van der Waals surface area contributed by atoms with Gasteiger partial charge in [-0.15, -0.1) is 0 Å². The third kappa shape index (κ3) is 4.30. The van der Waals surface area contributed by atoms with Crippen LogP contribution in [-0.2, 0) is 10.2 Å². The van der Waals surface area contributed by atoms with E-state index in [1.807, 2.05) is 20.8 Å².